The van der Waals surface area contributed by atoms with Gasteiger partial charge < -0.3 is 20.3 Å². The zero-order chi connectivity index (χ0) is 18.7. The lowest BCUT2D eigenvalue weighted by Crippen LogP contribution is -2.39. The molecule has 0 aromatic heterocycles. The van der Waals surface area contributed by atoms with Gasteiger partial charge in [-0.2, -0.15) is 0 Å². The number of carbonyl (C=O) groups is 2. The zero-order valence-electron chi connectivity index (χ0n) is 15.2. The number of carbonyl (C=O) groups excluding carboxylic acids is 2. The molecule has 1 aliphatic rings. The number of rotatable bonds is 4. The van der Waals surface area contributed by atoms with Crippen molar-refractivity contribution in [3.63, 3.8) is 0 Å². The second-order valence-electron chi connectivity index (χ2n) is 6.54. The van der Waals surface area contributed by atoms with Crippen LogP contribution in [0, 0.1) is 13.8 Å². The van der Waals surface area contributed by atoms with Gasteiger partial charge in [0.25, 0.3) is 0 Å². The van der Waals surface area contributed by atoms with Gasteiger partial charge in [-0.05, 0) is 43.7 Å². The molecular formula is C20H23N3O3. The molecule has 2 N–H and O–H groups in total. The van der Waals surface area contributed by atoms with Crippen molar-refractivity contribution in [2.24, 2.45) is 0 Å². The molecule has 6 nitrogen and oxygen atoms in total. The van der Waals surface area contributed by atoms with E-state index >= 15 is 0 Å². The zero-order valence-corrected chi connectivity index (χ0v) is 15.2. The minimum absolute atomic E-state index is 0.00675. The molecule has 1 fully saturated rings. The number of ether oxygens (including phenoxy) is 1. The Morgan fingerprint density at radius 2 is 1.81 bits per heavy atom. The Morgan fingerprint density at radius 1 is 1.12 bits per heavy atom. The van der Waals surface area contributed by atoms with Gasteiger partial charge in [0.05, 0.1) is 18.8 Å². The van der Waals surface area contributed by atoms with Crippen LogP contribution >= 0.6 is 0 Å². The minimum atomic E-state index is -0.350. The summed E-state index contributed by atoms with van der Waals surface area (Å²) in [6.45, 7) is 4.40. The third-order valence-corrected chi connectivity index (χ3v) is 4.41. The van der Waals surface area contributed by atoms with E-state index in [-0.39, 0.29) is 24.4 Å². The number of anilines is 2. The highest BCUT2D eigenvalue weighted by Gasteiger charge is 2.31. The fourth-order valence-electron chi connectivity index (χ4n) is 3.04. The fraction of sp³-hybridized carbons (Fsp3) is 0.300. The molecule has 0 radical (unpaired) electrons. The van der Waals surface area contributed by atoms with Gasteiger partial charge in [0.1, 0.15) is 5.75 Å². The summed E-state index contributed by atoms with van der Waals surface area (Å²) in [4.78, 5) is 26.3. The van der Waals surface area contributed by atoms with Crippen LogP contribution in [0.4, 0.5) is 16.2 Å². The molecule has 1 heterocycles. The van der Waals surface area contributed by atoms with E-state index in [1.165, 1.54) is 0 Å². The monoisotopic (exact) mass is 353 g/mol. The number of amides is 3. The van der Waals surface area contributed by atoms with Crippen molar-refractivity contribution in [3.05, 3.63) is 53.6 Å². The van der Waals surface area contributed by atoms with Crippen molar-refractivity contribution in [2.45, 2.75) is 26.3 Å². The molecule has 0 saturated carbocycles. The Labute approximate surface area is 153 Å². The molecule has 2 aromatic carbocycles. The van der Waals surface area contributed by atoms with Crippen molar-refractivity contribution in [1.82, 2.24) is 5.32 Å². The van der Waals surface area contributed by atoms with E-state index < -0.39 is 0 Å². The first kappa shape index (κ1) is 17.8. The summed E-state index contributed by atoms with van der Waals surface area (Å²) in [7, 11) is 1.56. The molecular weight excluding hydrogens is 330 g/mol. The Balaban J connectivity index is 1.63. The smallest absolute Gasteiger partial charge is 0.319 e. The number of hydrogen-bond acceptors (Lipinski definition) is 3. The highest BCUT2D eigenvalue weighted by molar-refractivity contribution is 5.98. The van der Waals surface area contributed by atoms with Gasteiger partial charge in [-0.3, -0.25) is 4.79 Å². The Hall–Kier alpha value is -3.02. The number of methoxy groups -OCH3 is 1. The second kappa shape index (κ2) is 7.47. The first-order valence-corrected chi connectivity index (χ1v) is 8.55. The van der Waals surface area contributed by atoms with Crippen molar-refractivity contribution in [1.29, 1.82) is 0 Å². The molecule has 6 heteroatoms. The molecule has 1 atom stereocenters. The lowest BCUT2D eigenvalue weighted by Gasteiger charge is -2.18. The summed E-state index contributed by atoms with van der Waals surface area (Å²) in [6.07, 6.45) is 0.284. The van der Waals surface area contributed by atoms with E-state index in [1.54, 1.807) is 12.0 Å². The molecule has 0 unspecified atom stereocenters. The average Bonchev–Trinajstić information content (AvgIpc) is 2.96. The molecule has 2 aromatic rings. The molecule has 1 saturated heterocycles. The highest BCUT2D eigenvalue weighted by atomic mass is 16.5. The van der Waals surface area contributed by atoms with Crippen molar-refractivity contribution in [2.75, 3.05) is 23.9 Å². The number of benzene rings is 2. The normalized spacial score (nSPS) is 16.5. The van der Waals surface area contributed by atoms with E-state index in [1.807, 2.05) is 56.3 Å². The Bertz CT molecular complexity index is 818. The summed E-state index contributed by atoms with van der Waals surface area (Å²) in [5.41, 5.74) is 3.61. The predicted octanol–water partition coefficient (Wildman–Crippen LogP) is 3.24. The minimum Gasteiger partial charge on any atom is -0.495 e. The maximum Gasteiger partial charge on any atom is 0.319 e. The number of nitrogens with one attached hydrogen (secondary N) is 2. The average molecular weight is 353 g/mol. The number of nitrogens with zero attached hydrogens (tertiary/aromatic N) is 1. The van der Waals surface area contributed by atoms with Gasteiger partial charge in [0.15, 0.2) is 0 Å². The fourth-order valence-corrected chi connectivity index (χ4v) is 3.04. The molecule has 0 spiro atoms. The van der Waals surface area contributed by atoms with Crippen LogP contribution in [0.2, 0.25) is 0 Å². The maximum atomic E-state index is 12.3. The first-order chi connectivity index (χ1) is 12.5. The Morgan fingerprint density at radius 3 is 2.50 bits per heavy atom. The molecule has 136 valence electrons. The third-order valence-electron chi connectivity index (χ3n) is 4.41. The van der Waals surface area contributed by atoms with E-state index in [2.05, 4.69) is 10.6 Å². The summed E-state index contributed by atoms with van der Waals surface area (Å²) in [6, 6.07) is 12.8. The van der Waals surface area contributed by atoms with Gasteiger partial charge in [-0.15, -0.1) is 0 Å². The molecule has 26 heavy (non-hydrogen) atoms. The molecule has 3 rings (SSSR count). The van der Waals surface area contributed by atoms with Crippen LogP contribution in [0.25, 0.3) is 0 Å². The Kier molecular flexibility index (Phi) is 5.11. The second-order valence-corrected chi connectivity index (χ2v) is 6.54. The van der Waals surface area contributed by atoms with Crippen LogP contribution in [-0.2, 0) is 4.79 Å². The van der Waals surface area contributed by atoms with E-state index in [0.717, 1.165) is 16.8 Å². The van der Waals surface area contributed by atoms with Gasteiger partial charge in [-0.25, -0.2) is 4.79 Å². The van der Waals surface area contributed by atoms with Crippen LogP contribution < -0.4 is 20.3 Å². The van der Waals surface area contributed by atoms with Gasteiger partial charge >= 0.3 is 6.03 Å². The molecule has 1 aliphatic heterocycles. The molecule has 0 bridgehead atoms. The van der Waals surface area contributed by atoms with Crippen LogP contribution in [0.5, 0.6) is 5.75 Å². The number of aryl methyl sites for hydroxylation is 2. The lowest BCUT2D eigenvalue weighted by atomic mass is 10.2. The quantitative estimate of drug-likeness (QED) is 0.886. The van der Waals surface area contributed by atoms with Crippen molar-refractivity contribution >= 4 is 23.3 Å². The summed E-state index contributed by atoms with van der Waals surface area (Å²) >= 11 is 0. The standard InChI is InChI=1S/C20H23N3O3/c1-13-4-7-16(8-5-13)23-12-15(11-19(23)24)21-20(25)22-17-10-14(2)6-9-18(17)26-3/h4-10,15H,11-12H2,1-3H3,(H2,21,22,25)/t15-/m0/s1. The molecule has 3 amide bonds. The van der Waals surface area contributed by atoms with Gasteiger partial charge in [0.2, 0.25) is 5.91 Å². The summed E-state index contributed by atoms with van der Waals surface area (Å²) < 4.78 is 5.27. The van der Waals surface area contributed by atoms with Crippen LogP contribution in [0.1, 0.15) is 17.5 Å². The third kappa shape index (κ3) is 3.96. The van der Waals surface area contributed by atoms with E-state index in [0.29, 0.717) is 18.0 Å². The van der Waals surface area contributed by atoms with E-state index in [9.17, 15) is 9.59 Å². The van der Waals surface area contributed by atoms with Gasteiger partial charge in [0, 0.05) is 18.7 Å². The van der Waals surface area contributed by atoms with Crippen LogP contribution in [0.3, 0.4) is 0 Å². The topological polar surface area (TPSA) is 70.7 Å². The first-order valence-electron chi connectivity index (χ1n) is 8.55. The lowest BCUT2D eigenvalue weighted by molar-refractivity contribution is -0.117. The number of urea groups is 1. The SMILES string of the molecule is COc1ccc(C)cc1NC(=O)N[C@H]1CC(=O)N(c2ccc(C)cc2)C1. The maximum absolute atomic E-state index is 12.3. The highest BCUT2D eigenvalue weighted by Crippen LogP contribution is 2.25. The summed E-state index contributed by atoms with van der Waals surface area (Å²) in [5.74, 6) is 0.599. The number of hydrogen-bond donors (Lipinski definition) is 2. The van der Waals surface area contributed by atoms with Crippen LogP contribution in [-0.4, -0.2) is 31.6 Å². The molecule has 0 aliphatic carbocycles. The largest absolute Gasteiger partial charge is 0.495 e. The van der Waals surface area contributed by atoms with E-state index in [4.69, 9.17) is 4.74 Å². The van der Waals surface area contributed by atoms with Crippen molar-refractivity contribution < 1.29 is 14.3 Å². The predicted molar refractivity (Wildman–Crippen MR) is 102 cm³/mol. The van der Waals surface area contributed by atoms with Crippen molar-refractivity contribution in [3.8, 4) is 5.75 Å². The summed E-state index contributed by atoms with van der Waals surface area (Å²) in [5, 5.41) is 5.67. The van der Waals surface area contributed by atoms with Gasteiger partial charge in [-0.1, -0.05) is 23.8 Å². The van der Waals surface area contributed by atoms with Crippen LogP contribution in [0.15, 0.2) is 42.5 Å².